The molecule has 0 amide bonds. The molecule has 1 aliphatic heterocycles. The highest BCUT2D eigenvalue weighted by molar-refractivity contribution is 9.10. The molecule has 25 heavy (non-hydrogen) atoms. The maximum Gasteiger partial charge on any atom is 0.313 e. The number of ether oxygens (including phenoxy) is 1. The molecule has 6 nitrogen and oxygen atoms in total. The maximum absolute atomic E-state index is 12.5. The molecule has 0 aromatic heterocycles. The number of ketones is 1. The molecule has 2 N–H and O–H groups in total. The number of rotatable bonds is 5. The predicted molar refractivity (Wildman–Crippen MR) is 94.3 cm³/mol. The monoisotopic (exact) mass is 423 g/mol. The van der Waals surface area contributed by atoms with Crippen LogP contribution in [0.15, 0.2) is 70.7 Å². The van der Waals surface area contributed by atoms with Crippen molar-refractivity contribution in [3.63, 3.8) is 0 Å². The van der Waals surface area contributed by atoms with E-state index in [4.69, 9.17) is 14.7 Å². The zero-order valence-corrected chi connectivity index (χ0v) is 15.3. The smallest absolute Gasteiger partial charge is 0.313 e. The second-order valence-corrected chi connectivity index (χ2v) is 7.86. The molecular weight excluding hydrogens is 410 g/mol. The molecule has 130 valence electrons. The fourth-order valence-electron chi connectivity index (χ4n) is 2.35. The van der Waals surface area contributed by atoms with Crippen molar-refractivity contribution in [2.24, 2.45) is 5.73 Å². The number of benzene rings is 2. The van der Waals surface area contributed by atoms with Gasteiger partial charge in [-0.1, -0.05) is 58.4 Å². The van der Waals surface area contributed by atoms with Crippen molar-refractivity contribution in [3.05, 3.63) is 81.8 Å². The molecule has 2 aromatic rings. The van der Waals surface area contributed by atoms with Crippen molar-refractivity contribution in [3.8, 4) is 0 Å². The first-order valence-electron chi connectivity index (χ1n) is 7.28. The van der Waals surface area contributed by atoms with Gasteiger partial charge in [0, 0.05) is 10.0 Å². The van der Waals surface area contributed by atoms with E-state index in [1.807, 2.05) is 0 Å². The van der Waals surface area contributed by atoms with Crippen molar-refractivity contribution in [2.75, 3.05) is 0 Å². The third kappa shape index (κ3) is 4.02. The van der Waals surface area contributed by atoms with E-state index in [0.29, 0.717) is 11.1 Å². The fourth-order valence-corrected chi connectivity index (χ4v) is 3.69. The normalized spacial score (nSPS) is 17.5. The average Bonchev–Trinajstić information content (AvgIpc) is 2.84. The molecule has 0 saturated heterocycles. The second kappa shape index (κ2) is 6.89. The molecule has 0 radical (unpaired) electrons. The van der Waals surface area contributed by atoms with Crippen LogP contribution in [0.5, 0.6) is 0 Å². The van der Waals surface area contributed by atoms with Gasteiger partial charge in [0.1, 0.15) is 5.75 Å². The third-order valence-corrected chi connectivity index (χ3v) is 5.14. The van der Waals surface area contributed by atoms with Crippen LogP contribution in [0.2, 0.25) is 0 Å². The molecule has 0 bridgehead atoms. The van der Waals surface area contributed by atoms with E-state index in [2.05, 4.69) is 15.9 Å². The Morgan fingerprint density at radius 1 is 1.08 bits per heavy atom. The maximum atomic E-state index is 12.5. The number of hydrogen-bond donors (Lipinski definition) is 1. The number of nitrogens with two attached hydrogens (primary N) is 1. The largest absolute Gasteiger partial charge is 0.460 e. The van der Waals surface area contributed by atoms with E-state index in [1.165, 1.54) is 0 Å². The lowest BCUT2D eigenvalue weighted by Crippen LogP contribution is -2.16. The standard InChI is InChI=1S/C17H14BrNO5S/c18-13-8-6-12(7-9-13)15-14(20)16(17(19)23-15)24-25(21,22)10-11-4-2-1-3-5-11/h1-9,15H,10,19H2. The molecule has 0 saturated carbocycles. The summed E-state index contributed by atoms with van der Waals surface area (Å²) < 4.78 is 35.5. The van der Waals surface area contributed by atoms with Crippen LogP contribution < -0.4 is 5.73 Å². The molecule has 3 rings (SSSR count). The zero-order chi connectivity index (χ0) is 18.0. The predicted octanol–water partition coefficient (Wildman–Crippen LogP) is 2.76. The summed E-state index contributed by atoms with van der Waals surface area (Å²) in [6, 6.07) is 15.3. The lowest BCUT2D eigenvalue weighted by Gasteiger charge is -2.10. The quantitative estimate of drug-likeness (QED) is 0.742. The topological polar surface area (TPSA) is 95.7 Å². The van der Waals surface area contributed by atoms with Crippen molar-refractivity contribution < 1.29 is 22.1 Å². The Labute approximate surface area is 153 Å². The van der Waals surface area contributed by atoms with Crippen molar-refractivity contribution >= 4 is 31.8 Å². The van der Waals surface area contributed by atoms with Crippen LogP contribution in [0, 0.1) is 0 Å². The van der Waals surface area contributed by atoms with Gasteiger partial charge in [-0.3, -0.25) is 4.79 Å². The van der Waals surface area contributed by atoms with E-state index in [0.717, 1.165) is 4.47 Å². The first kappa shape index (κ1) is 17.5. The van der Waals surface area contributed by atoms with Crippen LogP contribution in [0.4, 0.5) is 0 Å². The summed E-state index contributed by atoms with van der Waals surface area (Å²) in [4.78, 5) is 12.5. The molecule has 8 heteroatoms. The Bertz CT molecular complexity index is 923. The van der Waals surface area contributed by atoms with Crippen LogP contribution in [0.3, 0.4) is 0 Å². The van der Waals surface area contributed by atoms with Crippen LogP contribution in [-0.4, -0.2) is 14.2 Å². The summed E-state index contributed by atoms with van der Waals surface area (Å²) in [5.41, 5.74) is 6.76. The van der Waals surface area contributed by atoms with Gasteiger partial charge in [0.25, 0.3) is 0 Å². The molecule has 0 aliphatic carbocycles. The highest BCUT2D eigenvalue weighted by atomic mass is 79.9. The SMILES string of the molecule is NC1=C(OS(=O)(=O)Cc2ccccc2)C(=O)C(c2ccc(Br)cc2)O1. The molecule has 1 heterocycles. The van der Waals surface area contributed by atoms with Crippen LogP contribution in [0.25, 0.3) is 0 Å². The molecule has 2 aromatic carbocycles. The van der Waals surface area contributed by atoms with Crippen molar-refractivity contribution in [2.45, 2.75) is 11.9 Å². The van der Waals surface area contributed by atoms with Gasteiger partial charge < -0.3 is 14.7 Å². The molecular formula is C17H14BrNO5S. The summed E-state index contributed by atoms with van der Waals surface area (Å²) in [6.07, 6.45) is -1.02. The van der Waals surface area contributed by atoms with E-state index in [-0.39, 0.29) is 11.6 Å². The minimum Gasteiger partial charge on any atom is -0.460 e. The van der Waals surface area contributed by atoms with Gasteiger partial charge in [0.15, 0.2) is 6.10 Å². The van der Waals surface area contributed by atoms with E-state index in [9.17, 15) is 13.2 Å². The number of halogens is 1. The summed E-state index contributed by atoms with van der Waals surface area (Å²) in [7, 11) is -4.04. The van der Waals surface area contributed by atoms with Crippen LogP contribution >= 0.6 is 15.9 Å². The minimum absolute atomic E-state index is 0.338. The Kier molecular flexibility index (Phi) is 4.82. The molecule has 1 atom stereocenters. The van der Waals surface area contributed by atoms with E-state index in [1.54, 1.807) is 54.6 Å². The van der Waals surface area contributed by atoms with E-state index >= 15 is 0 Å². The van der Waals surface area contributed by atoms with Crippen molar-refractivity contribution in [1.29, 1.82) is 0 Å². The molecule has 1 unspecified atom stereocenters. The number of Topliss-reactive ketones (excluding diaryl/α,β-unsaturated/α-hetero) is 1. The van der Waals surface area contributed by atoms with Crippen molar-refractivity contribution in [1.82, 2.24) is 0 Å². The number of carbonyl (C=O) groups excluding carboxylic acids is 1. The Morgan fingerprint density at radius 3 is 2.36 bits per heavy atom. The molecule has 1 aliphatic rings. The first-order valence-corrected chi connectivity index (χ1v) is 9.65. The lowest BCUT2D eigenvalue weighted by atomic mass is 10.1. The third-order valence-electron chi connectivity index (χ3n) is 3.50. The van der Waals surface area contributed by atoms with E-state index < -0.39 is 27.8 Å². The second-order valence-electron chi connectivity index (χ2n) is 5.38. The Morgan fingerprint density at radius 2 is 1.72 bits per heavy atom. The number of hydrogen-bond acceptors (Lipinski definition) is 6. The lowest BCUT2D eigenvalue weighted by molar-refractivity contribution is -0.123. The number of carbonyl (C=O) groups is 1. The summed E-state index contributed by atoms with van der Waals surface area (Å²) in [6.45, 7) is 0. The average molecular weight is 424 g/mol. The van der Waals surface area contributed by atoms with Crippen LogP contribution in [-0.2, 0) is 29.6 Å². The van der Waals surface area contributed by atoms with Gasteiger partial charge in [-0.15, -0.1) is 0 Å². The van der Waals surface area contributed by atoms with Gasteiger partial charge >= 0.3 is 10.1 Å². The fraction of sp³-hybridized carbons (Fsp3) is 0.118. The Balaban J connectivity index is 1.77. The first-order chi connectivity index (χ1) is 11.9. The van der Waals surface area contributed by atoms with Gasteiger partial charge in [-0.2, -0.15) is 8.42 Å². The van der Waals surface area contributed by atoms with Gasteiger partial charge in [0.2, 0.25) is 17.4 Å². The molecule has 0 spiro atoms. The summed E-state index contributed by atoms with van der Waals surface area (Å²) in [5, 5.41) is 0. The van der Waals surface area contributed by atoms with Gasteiger partial charge in [0.05, 0.1) is 0 Å². The van der Waals surface area contributed by atoms with Crippen LogP contribution in [0.1, 0.15) is 17.2 Å². The summed E-state index contributed by atoms with van der Waals surface area (Å²) in [5.74, 6) is -1.82. The minimum atomic E-state index is -4.04. The molecule has 0 fully saturated rings. The Hall–Kier alpha value is -2.32. The van der Waals surface area contributed by atoms with Gasteiger partial charge in [-0.05, 0) is 17.7 Å². The highest BCUT2D eigenvalue weighted by Crippen LogP contribution is 2.33. The highest BCUT2D eigenvalue weighted by Gasteiger charge is 2.39. The summed E-state index contributed by atoms with van der Waals surface area (Å²) >= 11 is 3.30. The zero-order valence-electron chi connectivity index (χ0n) is 12.9. The van der Waals surface area contributed by atoms with Gasteiger partial charge in [-0.25, -0.2) is 0 Å².